The Morgan fingerprint density at radius 2 is 1.86 bits per heavy atom. The number of carboxylic acid groups (broad SMARTS) is 1. The van der Waals surface area contributed by atoms with E-state index in [4.69, 9.17) is 4.74 Å². The number of aliphatic carboxylic acids is 1. The van der Waals surface area contributed by atoms with Crippen molar-refractivity contribution in [1.29, 1.82) is 0 Å². The Morgan fingerprint density at radius 3 is 2.70 bits per heavy atom. The number of aromatic nitrogens is 1. The van der Waals surface area contributed by atoms with Crippen LogP contribution in [0.25, 0.3) is 10.9 Å². The Labute approximate surface area is 218 Å². The number of nitrogens with one attached hydrogen (secondary N) is 1. The molecule has 0 atom stereocenters. The van der Waals surface area contributed by atoms with Gasteiger partial charge in [0.1, 0.15) is 5.75 Å². The predicted octanol–water partition coefficient (Wildman–Crippen LogP) is 5.06. The van der Waals surface area contributed by atoms with Gasteiger partial charge in [-0.1, -0.05) is 43.2 Å². The molecule has 0 bridgehead atoms. The molecule has 2 aromatic carbocycles. The van der Waals surface area contributed by atoms with E-state index in [9.17, 15) is 14.7 Å². The molecule has 0 unspecified atom stereocenters. The highest BCUT2D eigenvalue weighted by Crippen LogP contribution is 2.35. The van der Waals surface area contributed by atoms with Crippen LogP contribution in [0.2, 0.25) is 0 Å². The second-order valence-electron chi connectivity index (χ2n) is 10.4. The van der Waals surface area contributed by atoms with Crippen LogP contribution in [0.15, 0.2) is 48.7 Å². The molecular weight excluding hydrogens is 466 g/mol. The standard InChI is InChI=1S/C30H37N3O4/c34-29-21-32(19-24-20-33(25-8-2-3-9-25)27-11-5-4-10-26(24)27)18-23-16-22(17-30(35)36)12-13-28(23)37-15-7-1-6-14-31-29/h4-5,10-13,16,20,25H,1-3,6-9,14-15,17-19,21H2,(H,31,34)(H,35,36). The Kier molecular flexibility index (Phi) is 8.09. The van der Waals surface area contributed by atoms with Crippen LogP contribution in [0.5, 0.6) is 5.75 Å². The Balaban J connectivity index is 1.48. The van der Waals surface area contributed by atoms with Crippen molar-refractivity contribution < 1.29 is 19.4 Å². The molecule has 2 N–H and O–H groups in total. The molecule has 1 amide bonds. The zero-order valence-electron chi connectivity index (χ0n) is 21.5. The van der Waals surface area contributed by atoms with Crippen molar-refractivity contribution in [3.05, 3.63) is 65.4 Å². The fourth-order valence-corrected chi connectivity index (χ4v) is 5.79. The summed E-state index contributed by atoms with van der Waals surface area (Å²) in [5, 5.41) is 13.6. The van der Waals surface area contributed by atoms with Crippen LogP contribution in [0, 0.1) is 0 Å². The molecule has 37 heavy (non-hydrogen) atoms. The van der Waals surface area contributed by atoms with Gasteiger partial charge in [-0.3, -0.25) is 14.5 Å². The quantitative estimate of drug-likeness (QED) is 0.508. The number of ether oxygens (including phenoxy) is 1. The third kappa shape index (κ3) is 6.34. The van der Waals surface area contributed by atoms with E-state index in [1.807, 2.05) is 18.2 Å². The maximum absolute atomic E-state index is 12.9. The molecular formula is C30H37N3O4. The van der Waals surface area contributed by atoms with Gasteiger partial charge in [0.05, 0.1) is 19.6 Å². The first kappa shape index (κ1) is 25.3. The van der Waals surface area contributed by atoms with E-state index in [1.165, 1.54) is 42.1 Å². The molecule has 2 heterocycles. The van der Waals surface area contributed by atoms with E-state index in [-0.39, 0.29) is 18.9 Å². The van der Waals surface area contributed by atoms with Gasteiger partial charge in [0.2, 0.25) is 5.91 Å². The van der Waals surface area contributed by atoms with Crippen LogP contribution in [-0.2, 0) is 29.1 Å². The summed E-state index contributed by atoms with van der Waals surface area (Å²) in [5.74, 6) is -0.0726. The molecule has 1 fully saturated rings. The lowest BCUT2D eigenvalue weighted by Gasteiger charge is -2.23. The fourth-order valence-electron chi connectivity index (χ4n) is 5.79. The molecule has 1 aliphatic carbocycles. The minimum Gasteiger partial charge on any atom is -0.493 e. The number of nitrogens with zero attached hydrogens (tertiary/aromatic N) is 2. The van der Waals surface area contributed by atoms with Crippen LogP contribution in [0.3, 0.4) is 0 Å². The number of carbonyl (C=O) groups is 2. The van der Waals surface area contributed by atoms with Crippen LogP contribution in [-0.4, -0.2) is 46.1 Å². The molecule has 1 aliphatic heterocycles. The summed E-state index contributed by atoms with van der Waals surface area (Å²) in [6, 6.07) is 14.7. The lowest BCUT2D eigenvalue weighted by atomic mass is 10.1. The van der Waals surface area contributed by atoms with Gasteiger partial charge >= 0.3 is 5.97 Å². The number of fused-ring (bicyclic) bond motifs is 2. The summed E-state index contributed by atoms with van der Waals surface area (Å²) in [6.45, 7) is 2.67. The second-order valence-corrected chi connectivity index (χ2v) is 10.4. The number of benzene rings is 2. The van der Waals surface area contributed by atoms with Gasteiger partial charge in [0.25, 0.3) is 0 Å². The summed E-state index contributed by atoms with van der Waals surface area (Å²) in [7, 11) is 0. The lowest BCUT2D eigenvalue weighted by molar-refractivity contribution is -0.136. The molecule has 1 saturated carbocycles. The monoisotopic (exact) mass is 503 g/mol. The highest BCUT2D eigenvalue weighted by Gasteiger charge is 2.22. The van der Waals surface area contributed by atoms with Gasteiger partial charge in [-0.05, 0) is 55.4 Å². The predicted molar refractivity (Wildman–Crippen MR) is 144 cm³/mol. The SMILES string of the molecule is O=C(O)Cc1ccc2c(c1)CN(Cc1cn(C3CCCC3)c3ccccc13)CC(=O)NCCCCCO2. The van der Waals surface area contributed by atoms with Crippen molar-refractivity contribution >= 4 is 22.8 Å². The number of carbonyl (C=O) groups excluding carboxylic acids is 1. The van der Waals surface area contributed by atoms with Crippen LogP contribution in [0.1, 0.15) is 67.7 Å². The number of carboxylic acids is 1. The van der Waals surface area contributed by atoms with E-state index in [2.05, 4.69) is 45.2 Å². The zero-order chi connectivity index (χ0) is 25.6. The highest BCUT2D eigenvalue weighted by molar-refractivity contribution is 5.84. The number of hydrogen-bond acceptors (Lipinski definition) is 4. The number of amides is 1. The Bertz CT molecular complexity index is 1240. The van der Waals surface area contributed by atoms with Gasteiger partial charge in [0.15, 0.2) is 0 Å². The van der Waals surface area contributed by atoms with E-state index in [0.717, 1.165) is 36.1 Å². The lowest BCUT2D eigenvalue weighted by Crippen LogP contribution is -2.37. The first-order valence-electron chi connectivity index (χ1n) is 13.6. The first-order valence-corrected chi connectivity index (χ1v) is 13.6. The number of hydrogen-bond donors (Lipinski definition) is 2. The molecule has 0 spiro atoms. The summed E-state index contributed by atoms with van der Waals surface area (Å²) < 4.78 is 8.59. The van der Waals surface area contributed by atoms with Crippen molar-refractivity contribution in [2.45, 2.75) is 70.5 Å². The van der Waals surface area contributed by atoms with Crippen molar-refractivity contribution in [3.8, 4) is 5.75 Å². The molecule has 0 radical (unpaired) electrons. The van der Waals surface area contributed by atoms with Gasteiger partial charge in [-0.2, -0.15) is 0 Å². The first-order chi connectivity index (χ1) is 18.1. The van der Waals surface area contributed by atoms with E-state index >= 15 is 0 Å². The minimum absolute atomic E-state index is 0.0166. The third-order valence-electron chi connectivity index (χ3n) is 7.58. The van der Waals surface area contributed by atoms with Crippen LogP contribution in [0.4, 0.5) is 0 Å². The zero-order valence-corrected chi connectivity index (χ0v) is 21.5. The molecule has 196 valence electrons. The normalized spacial score (nSPS) is 18.3. The molecule has 1 aromatic heterocycles. The minimum atomic E-state index is -0.860. The van der Waals surface area contributed by atoms with Gasteiger partial charge in [-0.15, -0.1) is 0 Å². The molecule has 2 aliphatic rings. The smallest absolute Gasteiger partial charge is 0.307 e. The van der Waals surface area contributed by atoms with E-state index in [0.29, 0.717) is 32.3 Å². The summed E-state index contributed by atoms with van der Waals surface area (Å²) in [4.78, 5) is 26.4. The molecule has 3 aromatic rings. The molecule has 7 nitrogen and oxygen atoms in total. The summed E-state index contributed by atoms with van der Waals surface area (Å²) in [6.07, 6.45) is 10.0. The fraction of sp³-hybridized carbons (Fsp3) is 0.467. The van der Waals surface area contributed by atoms with Crippen LogP contribution >= 0.6 is 0 Å². The van der Waals surface area contributed by atoms with Crippen molar-refractivity contribution in [2.75, 3.05) is 19.7 Å². The largest absolute Gasteiger partial charge is 0.493 e. The van der Waals surface area contributed by atoms with E-state index in [1.54, 1.807) is 0 Å². The van der Waals surface area contributed by atoms with Crippen molar-refractivity contribution in [1.82, 2.24) is 14.8 Å². The second kappa shape index (κ2) is 11.8. The third-order valence-corrected chi connectivity index (χ3v) is 7.58. The van der Waals surface area contributed by atoms with Gasteiger partial charge < -0.3 is 19.7 Å². The summed E-state index contributed by atoms with van der Waals surface area (Å²) in [5.41, 5.74) is 4.13. The van der Waals surface area contributed by atoms with Gasteiger partial charge in [-0.25, -0.2) is 0 Å². The topological polar surface area (TPSA) is 83.8 Å². The number of para-hydroxylation sites is 1. The van der Waals surface area contributed by atoms with Crippen molar-refractivity contribution in [2.24, 2.45) is 0 Å². The average molecular weight is 504 g/mol. The summed E-state index contributed by atoms with van der Waals surface area (Å²) >= 11 is 0. The van der Waals surface area contributed by atoms with Gasteiger partial charge in [0, 0.05) is 48.3 Å². The Morgan fingerprint density at radius 1 is 1.03 bits per heavy atom. The Hall–Kier alpha value is -3.32. The highest BCUT2D eigenvalue weighted by atomic mass is 16.5. The molecule has 7 heteroatoms. The van der Waals surface area contributed by atoms with Crippen LogP contribution < -0.4 is 10.1 Å². The molecule has 5 rings (SSSR count). The maximum Gasteiger partial charge on any atom is 0.307 e. The molecule has 0 saturated heterocycles. The average Bonchev–Trinajstić information content (AvgIpc) is 3.52. The van der Waals surface area contributed by atoms with Crippen molar-refractivity contribution in [3.63, 3.8) is 0 Å². The van der Waals surface area contributed by atoms with E-state index < -0.39 is 5.97 Å². The maximum atomic E-state index is 12.9. The number of rotatable bonds is 5.